The first-order chi connectivity index (χ1) is 30.6. The maximum Gasteiger partial charge on any atom is 0.195 e. The molecule has 0 aliphatic heterocycles. The van der Waals surface area contributed by atoms with E-state index in [-0.39, 0.29) is 0 Å². The van der Waals surface area contributed by atoms with Crippen LogP contribution in [0.25, 0.3) is 82.2 Å². The molecule has 0 spiro atoms. The summed E-state index contributed by atoms with van der Waals surface area (Å²) in [7, 11) is 0. The lowest BCUT2D eigenvalue weighted by Gasteiger charge is -2.26. The summed E-state index contributed by atoms with van der Waals surface area (Å²) in [6, 6.07) is 68.6. The van der Waals surface area contributed by atoms with Gasteiger partial charge >= 0.3 is 0 Å². The van der Waals surface area contributed by atoms with Crippen molar-refractivity contribution in [2.24, 2.45) is 0 Å². The number of anilines is 3. The smallest absolute Gasteiger partial charge is 0.195 e. The molecule has 0 bridgehead atoms. The molecule has 2 aromatic heterocycles. The largest absolute Gasteiger partial charge is 0.311 e. The first kappa shape index (κ1) is 37.2. The van der Waals surface area contributed by atoms with Gasteiger partial charge in [-0.05, 0) is 102 Å². The molecule has 0 saturated carbocycles. The fourth-order valence-corrected chi connectivity index (χ4v) is 8.07. The van der Waals surface area contributed by atoms with E-state index in [2.05, 4.69) is 92.0 Å². The number of fused-ring (bicyclic) bond motifs is 3. The molecule has 0 unspecified atom stereocenters. The van der Waals surface area contributed by atoms with Gasteiger partial charge in [-0.2, -0.15) is 5.26 Å². The molecule has 0 atom stereocenters. The number of nitriles is 1. The van der Waals surface area contributed by atoms with Gasteiger partial charge in [-0.25, -0.2) is 19.7 Å². The van der Waals surface area contributed by atoms with Crippen LogP contribution in [0, 0.1) is 24.5 Å². The SMILES string of the molecule is [C-]#[N+]c1ccc(N(c2ccc(C#N)cc2)c2ccc3c(c2)c2ccccc2n3-c2ccc(-c3ccc(-c4cc(-c5ccccc5)nc(-c5ccccc5)n4)cc3[N+]#[C-])cc2)cc1. The Balaban J connectivity index is 1.02. The maximum absolute atomic E-state index is 9.49. The molecule has 7 heteroatoms. The average molecular weight is 792 g/mol. The van der Waals surface area contributed by atoms with E-state index in [4.69, 9.17) is 23.1 Å². The van der Waals surface area contributed by atoms with E-state index in [9.17, 15) is 5.26 Å². The Bertz CT molecular complexity index is 3290. The summed E-state index contributed by atoms with van der Waals surface area (Å²) in [5, 5.41) is 11.7. The fraction of sp³-hybridized carbons (Fsp3) is 0. The van der Waals surface area contributed by atoms with Crippen LogP contribution >= 0.6 is 0 Å². The molecule has 0 fully saturated rings. The highest BCUT2D eigenvalue weighted by Gasteiger charge is 2.19. The minimum atomic E-state index is 0.538. The molecule has 8 aromatic carbocycles. The molecule has 0 radical (unpaired) electrons. The van der Waals surface area contributed by atoms with Gasteiger partial charge in [-0.3, -0.25) is 0 Å². The molecule has 10 aromatic rings. The number of nitrogens with zero attached hydrogens (tertiary/aromatic N) is 7. The second-order valence-corrected chi connectivity index (χ2v) is 14.8. The predicted octanol–water partition coefficient (Wildman–Crippen LogP) is 14.7. The topological polar surface area (TPSA) is 66.5 Å². The average Bonchev–Trinajstić information content (AvgIpc) is 3.68. The van der Waals surface area contributed by atoms with Crippen molar-refractivity contribution >= 4 is 50.2 Å². The number of benzene rings is 8. The highest BCUT2D eigenvalue weighted by atomic mass is 15.1. The Morgan fingerprint density at radius 2 is 1.08 bits per heavy atom. The summed E-state index contributed by atoms with van der Waals surface area (Å²) >= 11 is 0. The zero-order chi connectivity index (χ0) is 42.0. The van der Waals surface area contributed by atoms with Crippen molar-refractivity contribution in [3.63, 3.8) is 0 Å². The Hall–Kier alpha value is -9.09. The minimum Gasteiger partial charge on any atom is -0.311 e. The first-order valence-electron chi connectivity index (χ1n) is 20.0. The molecule has 62 heavy (non-hydrogen) atoms. The van der Waals surface area contributed by atoms with Crippen LogP contribution in [0.4, 0.5) is 28.4 Å². The van der Waals surface area contributed by atoms with E-state index in [0.29, 0.717) is 22.8 Å². The molecule has 288 valence electrons. The number of aromatic nitrogens is 3. The quantitative estimate of drug-likeness (QED) is 0.144. The van der Waals surface area contributed by atoms with Gasteiger partial charge in [0.1, 0.15) is 0 Å². The normalized spacial score (nSPS) is 10.9. The van der Waals surface area contributed by atoms with Gasteiger partial charge in [0.25, 0.3) is 0 Å². The molecular formula is C55H33N7. The minimum absolute atomic E-state index is 0.538. The van der Waals surface area contributed by atoms with E-state index in [1.54, 1.807) is 0 Å². The summed E-state index contributed by atoms with van der Waals surface area (Å²) in [6.07, 6.45) is 0. The van der Waals surface area contributed by atoms with E-state index in [1.165, 1.54) is 0 Å². The van der Waals surface area contributed by atoms with Crippen molar-refractivity contribution in [2.75, 3.05) is 4.90 Å². The van der Waals surface area contributed by atoms with Crippen LogP contribution < -0.4 is 4.90 Å². The second-order valence-electron chi connectivity index (χ2n) is 14.8. The van der Waals surface area contributed by atoms with Crippen molar-refractivity contribution in [2.45, 2.75) is 0 Å². The standard InChI is InChI=1S/C55H33N7/c1-57-42-22-28-44(29-23-42)61(43-24-17-37(36-56)18-25-43)46-30-32-54-49(34-46)48-15-9-10-16-53(48)62(54)45-26-19-38(20-27-45)47-31-21-41(33-52(47)58-2)51-35-50(39-11-5-3-6-12-39)59-55(60-51)40-13-7-4-8-14-40/h3-35H. The monoisotopic (exact) mass is 791 g/mol. The molecule has 0 aliphatic rings. The van der Waals surface area contributed by atoms with Gasteiger partial charge in [0.15, 0.2) is 17.2 Å². The molecule has 7 nitrogen and oxygen atoms in total. The number of hydrogen-bond acceptors (Lipinski definition) is 4. The Morgan fingerprint density at radius 3 is 1.76 bits per heavy atom. The Kier molecular flexibility index (Phi) is 9.56. The van der Waals surface area contributed by atoms with E-state index < -0.39 is 0 Å². The van der Waals surface area contributed by atoms with Gasteiger partial charge in [0, 0.05) is 44.6 Å². The summed E-state index contributed by atoms with van der Waals surface area (Å²) in [4.78, 5) is 19.7. The summed E-state index contributed by atoms with van der Waals surface area (Å²) in [6.45, 7) is 15.7. The molecule has 10 rings (SSSR count). The molecule has 2 heterocycles. The van der Waals surface area contributed by atoms with E-state index >= 15 is 0 Å². The highest BCUT2D eigenvalue weighted by molar-refractivity contribution is 6.10. The van der Waals surface area contributed by atoms with Crippen LogP contribution in [0.5, 0.6) is 0 Å². The molecule has 0 N–H and O–H groups in total. The van der Waals surface area contributed by atoms with Crippen molar-refractivity contribution < 1.29 is 0 Å². The lowest BCUT2D eigenvalue weighted by molar-refractivity contribution is 1.18. The third-order valence-electron chi connectivity index (χ3n) is 11.1. The van der Waals surface area contributed by atoms with E-state index in [0.717, 1.165) is 83.8 Å². The molecule has 0 saturated heterocycles. The lowest BCUT2D eigenvalue weighted by Crippen LogP contribution is -2.09. The highest BCUT2D eigenvalue weighted by Crippen LogP contribution is 2.41. The van der Waals surface area contributed by atoms with Crippen LogP contribution in [0.2, 0.25) is 0 Å². The molecule has 0 aliphatic carbocycles. The summed E-state index contributed by atoms with van der Waals surface area (Å²) in [5.74, 6) is 0.628. The van der Waals surface area contributed by atoms with Crippen LogP contribution in [0.3, 0.4) is 0 Å². The lowest BCUT2D eigenvalue weighted by atomic mass is 9.99. The second kappa shape index (κ2) is 15.9. The summed E-state index contributed by atoms with van der Waals surface area (Å²) in [5.41, 5.74) is 13.7. The maximum atomic E-state index is 9.49. The van der Waals surface area contributed by atoms with Crippen LogP contribution in [-0.2, 0) is 0 Å². The van der Waals surface area contributed by atoms with E-state index in [1.807, 2.05) is 133 Å². The van der Waals surface area contributed by atoms with Crippen LogP contribution in [0.15, 0.2) is 200 Å². The van der Waals surface area contributed by atoms with Crippen molar-refractivity contribution in [1.82, 2.24) is 14.5 Å². The third kappa shape index (κ3) is 6.87. The van der Waals surface area contributed by atoms with Gasteiger partial charge in [0.05, 0.1) is 47.2 Å². The zero-order valence-corrected chi connectivity index (χ0v) is 33.2. The van der Waals surface area contributed by atoms with Gasteiger partial charge in [-0.15, -0.1) is 0 Å². The molecular weight excluding hydrogens is 759 g/mol. The Morgan fingerprint density at radius 1 is 0.484 bits per heavy atom. The Labute approximate surface area is 359 Å². The molecule has 0 amide bonds. The first-order valence-corrected chi connectivity index (χ1v) is 20.0. The van der Waals surface area contributed by atoms with Gasteiger partial charge in [0.2, 0.25) is 0 Å². The van der Waals surface area contributed by atoms with Crippen molar-refractivity contribution in [1.29, 1.82) is 5.26 Å². The third-order valence-corrected chi connectivity index (χ3v) is 11.1. The van der Waals surface area contributed by atoms with Gasteiger partial charge in [-0.1, -0.05) is 115 Å². The van der Waals surface area contributed by atoms with Crippen LogP contribution in [-0.4, -0.2) is 14.5 Å². The predicted molar refractivity (Wildman–Crippen MR) is 250 cm³/mol. The number of rotatable bonds is 8. The van der Waals surface area contributed by atoms with Gasteiger partial charge < -0.3 is 9.47 Å². The van der Waals surface area contributed by atoms with Crippen LogP contribution in [0.1, 0.15) is 5.56 Å². The number of hydrogen-bond donors (Lipinski definition) is 0. The zero-order valence-electron chi connectivity index (χ0n) is 33.2. The van der Waals surface area contributed by atoms with Crippen molar-refractivity contribution in [3.05, 3.63) is 229 Å². The number of para-hydroxylation sites is 1. The van der Waals surface area contributed by atoms with Crippen molar-refractivity contribution in [3.8, 4) is 56.8 Å². The summed E-state index contributed by atoms with van der Waals surface area (Å²) < 4.78 is 2.28. The fourth-order valence-electron chi connectivity index (χ4n) is 8.07.